The van der Waals surface area contributed by atoms with Gasteiger partial charge in [0.1, 0.15) is 11.8 Å². The summed E-state index contributed by atoms with van der Waals surface area (Å²) in [4.78, 5) is 0. The predicted octanol–water partition coefficient (Wildman–Crippen LogP) is 0.985. The van der Waals surface area contributed by atoms with Crippen molar-refractivity contribution < 1.29 is 5.11 Å². The van der Waals surface area contributed by atoms with Crippen LogP contribution >= 0.6 is 15.9 Å². The molecule has 0 bridgehead atoms. The van der Waals surface area contributed by atoms with Gasteiger partial charge in [0, 0.05) is 22.6 Å². The molecule has 0 amide bonds. The van der Waals surface area contributed by atoms with Gasteiger partial charge in [-0.15, -0.1) is 0 Å². The number of rotatable bonds is 2. The summed E-state index contributed by atoms with van der Waals surface area (Å²) in [6.45, 7) is 0.217. The van der Waals surface area contributed by atoms with E-state index in [-0.39, 0.29) is 17.9 Å². The quantitative estimate of drug-likeness (QED) is 0.734. The molecule has 5 heteroatoms. The van der Waals surface area contributed by atoms with Crippen molar-refractivity contribution in [2.45, 2.75) is 6.04 Å². The molecule has 1 atom stereocenters. The SMILES string of the molecule is N#Cc1cc(Br)cc(C(N)CN)c1O. The molecule has 0 aliphatic carbocycles. The van der Waals surface area contributed by atoms with Crippen LogP contribution in [0.4, 0.5) is 0 Å². The molecule has 1 unspecified atom stereocenters. The second-order valence-electron chi connectivity index (χ2n) is 2.85. The number of phenols is 1. The van der Waals surface area contributed by atoms with Gasteiger partial charge in [-0.1, -0.05) is 15.9 Å². The van der Waals surface area contributed by atoms with E-state index in [2.05, 4.69) is 15.9 Å². The van der Waals surface area contributed by atoms with Gasteiger partial charge < -0.3 is 16.6 Å². The lowest BCUT2D eigenvalue weighted by Crippen LogP contribution is -2.21. The highest BCUT2D eigenvalue weighted by Gasteiger charge is 2.13. The van der Waals surface area contributed by atoms with E-state index in [0.717, 1.165) is 0 Å². The molecule has 0 saturated carbocycles. The van der Waals surface area contributed by atoms with Gasteiger partial charge in [0.05, 0.1) is 5.56 Å². The van der Waals surface area contributed by atoms with Crippen LogP contribution in [0.2, 0.25) is 0 Å². The Bertz CT molecular complexity index is 386. The third kappa shape index (κ3) is 2.04. The first-order valence-electron chi connectivity index (χ1n) is 3.98. The molecule has 0 fully saturated rings. The Morgan fingerprint density at radius 3 is 2.71 bits per heavy atom. The smallest absolute Gasteiger partial charge is 0.138 e. The first kappa shape index (κ1) is 11.0. The molecule has 0 aromatic heterocycles. The summed E-state index contributed by atoms with van der Waals surface area (Å²) in [5.41, 5.74) is 11.7. The van der Waals surface area contributed by atoms with Crippen molar-refractivity contribution in [1.82, 2.24) is 0 Å². The highest BCUT2D eigenvalue weighted by molar-refractivity contribution is 9.10. The maximum Gasteiger partial charge on any atom is 0.138 e. The molecule has 1 rings (SSSR count). The fourth-order valence-corrected chi connectivity index (χ4v) is 1.59. The van der Waals surface area contributed by atoms with Crippen molar-refractivity contribution in [3.8, 4) is 11.8 Å². The van der Waals surface area contributed by atoms with Gasteiger partial charge in [-0.2, -0.15) is 5.26 Å². The minimum absolute atomic E-state index is 0.0892. The molecule has 4 nitrogen and oxygen atoms in total. The molecule has 0 spiro atoms. The van der Waals surface area contributed by atoms with Crippen molar-refractivity contribution in [2.75, 3.05) is 6.54 Å². The summed E-state index contributed by atoms with van der Waals surface area (Å²) in [5, 5.41) is 18.4. The average molecular weight is 256 g/mol. The van der Waals surface area contributed by atoms with Crippen molar-refractivity contribution in [2.24, 2.45) is 11.5 Å². The van der Waals surface area contributed by atoms with Gasteiger partial charge >= 0.3 is 0 Å². The molecule has 1 aromatic carbocycles. The van der Waals surface area contributed by atoms with E-state index < -0.39 is 6.04 Å². The fraction of sp³-hybridized carbons (Fsp3) is 0.222. The van der Waals surface area contributed by atoms with Gasteiger partial charge in [0.2, 0.25) is 0 Å². The topological polar surface area (TPSA) is 96.1 Å². The average Bonchev–Trinajstić information content (AvgIpc) is 2.19. The van der Waals surface area contributed by atoms with E-state index in [1.165, 1.54) is 6.07 Å². The molecule has 0 radical (unpaired) electrons. The Hall–Kier alpha value is -1.09. The highest BCUT2D eigenvalue weighted by atomic mass is 79.9. The van der Waals surface area contributed by atoms with Crippen LogP contribution in [-0.2, 0) is 0 Å². The van der Waals surface area contributed by atoms with Crippen molar-refractivity contribution in [3.05, 3.63) is 27.7 Å². The summed E-state index contributed by atoms with van der Waals surface area (Å²) < 4.78 is 0.700. The van der Waals surface area contributed by atoms with Crippen LogP contribution in [0.5, 0.6) is 5.75 Å². The lowest BCUT2D eigenvalue weighted by Gasteiger charge is -2.12. The van der Waals surface area contributed by atoms with Gasteiger partial charge in [-0.05, 0) is 12.1 Å². The molecule has 74 valence electrons. The molecule has 14 heavy (non-hydrogen) atoms. The number of hydrogen-bond acceptors (Lipinski definition) is 4. The van der Waals surface area contributed by atoms with Gasteiger partial charge in [-0.3, -0.25) is 0 Å². The van der Waals surface area contributed by atoms with Crippen LogP contribution in [0.1, 0.15) is 17.2 Å². The number of benzene rings is 1. The van der Waals surface area contributed by atoms with Crippen molar-refractivity contribution >= 4 is 15.9 Å². The third-order valence-electron chi connectivity index (χ3n) is 1.88. The van der Waals surface area contributed by atoms with Crippen LogP contribution in [0.3, 0.4) is 0 Å². The number of aromatic hydroxyl groups is 1. The molecular weight excluding hydrogens is 246 g/mol. The summed E-state index contributed by atoms with van der Waals surface area (Å²) in [6.07, 6.45) is 0. The second-order valence-corrected chi connectivity index (χ2v) is 3.76. The van der Waals surface area contributed by atoms with E-state index in [1.807, 2.05) is 6.07 Å². The maximum absolute atomic E-state index is 9.64. The largest absolute Gasteiger partial charge is 0.506 e. The van der Waals surface area contributed by atoms with Gasteiger partial charge in [0.25, 0.3) is 0 Å². The minimum Gasteiger partial charge on any atom is -0.506 e. The lowest BCUT2D eigenvalue weighted by molar-refractivity contribution is 0.460. The van der Waals surface area contributed by atoms with Crippen LogP contribution in [0, 0.1) is 11.3 Å². The summed E-state index contributed by atoms with van der Waals surface area (Å²) in [5.74, 6) is -0.0892. The minimum atomic E-state index is -0.459. The first-order chi connectivity index (χ1) is 6.60. The van der Waals surface area contributed by atoms with Crippen LogP contribution in [0.15, 0.2) is 16.6 Å². The zero-order valence-corrected chi connectivity index (χ0v) is 8.95. The molecule has 5 N–H and O–H groups in total. The number of hydrogen-bond donors (Lipinski definition) is 3. The number of nitrogens with two attached hydrogens (primary N) is 2. The first-order valence-corrected chi connectivity index (χ1v) is 4.77. The molecule has 0 aliphatic heterocycles. The number of phenolic OH excluding ortho intramolecular Hbond substituents is 1. The molecule has 0 saturated heterocycles. The second kappa shape index (κ2) is 4.42. The summed E-state index contributed by atoms with van der Waals surface area (Å²) >= 11 is 3.23. The molecule has 0 heterocycles. The van der Waals surface area contributed by atoms with E-state index in [9.17, 15) is 5.11 Å². The molecule has 0 aliphatic rings. The van der Waals surface area contributed by atoms with Crippen molar-refractivity contribution in [3.63, 3.8) is 0 Å². The van der Waals surface area contributed by atoms with Crippen LogP contribution < -0.4 is 11.5 Å². The number of nitrogens with zero attached hydrogens (tertiary/aromatic N) is 1. The maximum atomic E-state index is 9.64. The summed E-state index contributed by atoms with van der Waals surface area (Å²) in [6, 6.07) is 4.61. The molecular formula is C9H10BrN3O. The Morgan fingerprint density at radius 2 is 2.21 bits per heavy atom. The number of halogens is 1. The monoisotopic (exact) mass is 255 g/mol. The van der Waals surface area contributed by atoms with E-state index in [1.54, 1.807) is 6.07 Å². The predicted molar refractivity (Wildman–Crippen MR) is 56.5 cm³/mol. The standard InChI is InChI=1S/C9H10BrN3O/c10-6-1-5(3-11)9(14)7(2-6)8(13)4-12/h1-2,8,14H,4,12-13H2. The Kier molecular flexibility index (Phi) is 3.47. The Morgan fingerprint density at radius 1 is 1.57 bits per heavy atom. The molecule has 1 aromatic rings. The zero-order valence-electron chi connectivity index (χ0n) is 7.37. The Balaban J connectivity index is 3.30. The zero-order chi connectivity index (χ0) is 10.7. The Labute approximate surface area is 90.3 Å². The fourth-order valence-electron chi connectivity index (χ4n) is 1.12. The normalized spacial score (nSPS) is 12.1. The highest BCUT2D eigenvalue weighted by Crippen LogP contribution is 2.29. The number of nitriles is 1. The van der Waals surface area contributed by atoms with Gasteiger partial charge in [-0.25, -0.2) is 0 Å². The van der Waals surface area contributed by atoms with E-state index >= 15 is 0 Å². The van der Waals surface area contributed by atoms with Crippen molar-refractivity contribution in [1.29, 1.82) is 5.26 Å². The van der Waals surface area contributed by atoms with Crippen LogP contribution in [0.25, 0.3) is 0 Å². The van der Waals surface area contributed by atoms with Crippen LogP contribution in [-0.4, -0.2) is 11.7 Å². The third-order valence-corrected chi connectivity index (χ3v) is 2.34. The lowest BCUT2D eigenvalue weighted by atomic mass is 10.0. The summed E-state index contributed by atoms with van der Waals surface area (Å²) in [7, 11) is 0. The van der Waals surface area contributed by atoms with E-state index in [4.69, 9.17) is 16.7 Å². The van der Waals surface area contributed by atoms with E-state index in [0.29, 0.717) is 10.0 Å². The van der Waals surface area contributed by atoms with Gasteiger partial charge in [0.15, 0.2) is 0 Å².